The zero-order valence-electron chi connectivity index (χ0n) is 14.0. The number of halogens is 1. The number of alkyl halides is 1. The van der Waals surface area contributed by atoms with Gasteiger partial charge in [0.25, 0.3) is 0 Å². The summed E-state index contributed by atoms with van der Waals surface area (Å²) < 4.78 is 11.6. The molecule has 2 atom stereocenters. The highest BCUT2D eigenvalue weighted by Crippen LogP contribution is 2.34. The van der Waals surface area contributed by atoms with Crippen LogP contribution in [0.15, 0.2) is 0 Å². The van der Waals surface area contributed by atoms with Crippen molar-refractivity contribution in [2.75, 3.05) is 11.9 Å². The van der Waals surface area contributed by atoms with Gasteiger partial charge in [-0.05, 0) is 52.9 Å². The first kappa shape index (κ1) is 18.8. The molecule has 0 heterocycles. The van der Waals surface area contributed by atoms with Gasteiger partial charge in [-0.3, -0.25) is 0 Å². The quantitative estimate of drug-likeness (QED) is 0.687. The van der Waals surface area contributed by atoms with Gasteiger partial charge < -0.3 is 14.8 Å². The first-order valence-corrected chi connectivity index (χ1v) is 9.02. The molecule has 1 aliphatic carbocycles. The summed E-state index contributed by atoms with van der Waals surface area (Å²) in [7, 11) is 0. The summed E-state index contributed by atoms with van der Waals surface area (Å²) in [4.78, 5) is 11.8. The summed E-state index contributed by atoms with van der Waals surface area (Å²) in [6.45, 7) is 10.2. The largest absolute Gasteiger partial charge is 0.444 e. The second-order valence-electron chi connectivity index (χ2n) is 7.19. The maximum absolute atomic E-state index is 11.8. The molecule has 1 N–H and O–H groups in total. The van der Waals surface area contributed by atoms with Crippen LogP contribution < -0.4 is 5.32 Å². The van der Waals surface area contributed by atoms with E-state index in [9.17, 15) is 4.79 Å². The minimum absolute atomic E-state index is 0.279. The fourth-order valence-electron chi connectivity index (χ4n) is 2.38. The van der Waals surface area contributed by atoms with E-state index in [-0.39, 0.29) is 6.10 Å². The van der Waals surface area contributed by atoms with Crippen LogP contribution in [0, 0.1) is 5.92 Å². The van der Waals surface area contributed by atoms with Crippen molar-refractivity contribution in [2.24, 2.45) is 5.92 Å². The molecular formula is C16H30BrNO3. The lowest BCUT2D eigenvalue weighted by Crippen LogP contribution is -2.49. The minimum Gasteiger partial charge on any atom is -0.444 e. The molecule has 21 heavy (non-hydrogen) atoms. The third-order valence-electron chi connectivity index (χ3n) is 3.80. The molecule has 0 aromatic heterocycles. The predicted molar refractivity (Wildman–Crippen MR) is 88.9 cm³/mol. The Morgan fingerprint density at radius 2 is 1.95 bits per heavy atom. The fraction of sp³-hybridized carbons (Fsp3) is 0.938. The SMILES string of the molecule is CCC(OC(C)(CBr)CNC(=O)OC(C)(C)C)C1CCC1. The van der Waals surface area contributed by atoms with E-state index in [0.717, 1.165) is 6.42 Å². The molecule has 0 radical (unpaired) electrons. The normalized spacial score (nSPS) is 20.3. The Bertz CT molecular complexity index is 339. The van der Waals surface area contributed by atoms with Crippen LogP contribution in [0.1, 0.15) is 60.3 Å². The molecule has 0 aliphatic heterocycles. The maximum atomic E-state index is 11.8. The summed E-state index contributed by atoms with van der Waals surface area (Å²) in [6.07, 6.45) is 4.73. The van der Waals surface area contributed by atoms with Crippen LogP contribution in [0.3, 0.4) is 0 Å². The Hall–Kier alpha value is -0.290. The average molecular weight is 364 g/mol. The van der Waals surface area contributed by atoms with Crippen LogP contribution in [0.25, 0.3) is 0 Å². The highest BCUT2D eigenvalue weighted by molar-refractivity contribution is 9.09. The molecule has 0 aromatic rings. The number of carbonyl (C=O) groups is 1. The Morgan fingerprint density at radius 1 is 1.33 bits per heavy atom. The van der Waals surface area contributed by atoms with E-state index in [1.54, 1.807) is 0 Å². The first-order chi connectivity index (χ1) is 9.69. The second kappa shape index (κ2) is 7.82. The lowest BCUT2D eigenvalue weighted by molar-refractivity contribution is -0.105. The van der Waals surface area contributed by atoms with Gasteiger partial charge in [-0.1, -0.05) is 29.3 Å². The number of hydrogen-bond acceptors (Lipinski definition) is 3. The lowest BCUT2D eigenvalue weighted by atomic mass is 9.80. The van der Waals surface area contributed by atoms with Crippen molar-refractivity contribution in [3.8, 4) is 0 Å². The van der Waals surface area contributed by atoms with Crippen LogP contribution in [0.5, 0.6) is 0 Å². The smallest absolute Gasteiger partial charge is 0.407 e. The van der Waals surface area contributed by atoms with Crippen LogP contribution in [0.4, 0.5) is 4.79 Å². The van der Waals surface area contributed by atoms with E-state index >= 15 is 0 Å². The Kier molecular flexibility index (Phi) is 6.98. The van der Waals surface area contributed by atoms with E-state index in [1.807, 2.05) is 27.7 Å². The van der Waals surface area contributed by atoms with Crippen LogP contribution >= 0.6 is 15.9 Å². The van der Waals surface area contributed by atoms with Crippen molar-refractivity contribution in [2.45, 2.75) is 77.6 Å². The molecule has 1 saturated carbocycles. The number of rotatable bonds is 7. The molecule has 124 valence electrons. The van der Waals surface area contributed by atoms with Gasteiger partial charge in [0.1, 0.15) is 5.60 Å². The number of alkyl carbamates (subject to hydrolysis) is 1. The van der Waals surface area contributed by atoms with E-state index in [4.69, 9.17) is 9.47 Å². The summed E-state index contributed by atoms with van der Waals surface area (Å²) in [6, 6.07) is 0. The molecule has 0 saturated heterocycles. The molecule has 1 aliphatic rings. The van der Waals surface area contributed by atoms with Crippen LogP contribution in [-0.2, 0) is 9.47 Å². The van der Waals surface area contributed by atoms with Gasteiger partial charge >= 0.3 is 6.09 Å². The van der Waals surface area contributed by atoms with Gasteiger partial charge in [0.05, 0.1) is 18.2 Å². The maximum Gasteiger partial charge on any atom is 0.407 e. The molecule has 1 fully saturated rings. The Labute approximate surface area is 137 Å². The summed E-state index contributed by atoms with van der Waals surface area (Å²) >= 11 is 3.51. The molecule has 5 heteroatoms. The summed E-state index contributed by atoms with van der Waals surface area (Å²) in [5.74, 6) is 0.676. The van der Waals surface area contributed by atoms with Crippen molar-refractivity contribution >= 4 is 22.0 Å². The number of hydrogen-bond donors (Lipinski definition) is 1. The van der Waals surface area contributed by atoms with E-state index in [1.165, 1.54) is 19.3 Å². The van der Waals surface area contributed by atoms with Crippen molar-refractivity contribution in [3.05, 3.63) is 0 Å². The minimum atomic E-state index is -0.479. The number of amides is 1. The highest BCUT2D eigenvalue weighted by Gasteiger charge is 2.34. The number of carbonyl (C=O) groups excluding carboxylic acids is 1. The molecule has 4 nitrogen and oxygen atoms in total. The van der Waals surface area contributed by atoms with Crippen molar-refractivity contribution in [1.29, 1.82) is 0 Å². The second-order valence-corrected chi connectivity index (χ2v) is 7.76. The standard InChI is InChI=1S/C16H30BrNO3/c1-6-13(12-8-7-9-12)20-16(5,10-17)11-18-14(19)21-15(2,3)4/h12-13H,6-11H2,1-5H3,(H,18,19). The molecule has 0 aromatic carbocycles. The lowest BCUT2D eigenvalue weighted by Gasteiger charge is -2.39. The summed E-state index contributed by atoms with van der Waals surface area (Å²) in [5.41, 5.74) is -0.888. The van der Waals surface area contributed by atoms with Gasteiger partial charge in [-0.25, -0.2) is 4.79 Å². The van der Waals surface area contributed by atoms with Crippen molar-refractivity contribution in [1.82, 2.24) is 5.32 Å². The molecule has 0 bridgehead atoms. The topological polar surface area (TPSA) is 47.6 Å². The zero-order chi connectivity index (χ0) is 16.1. The van der Waals surface area contributed by atoms with E-state index in [0.29, 0.717) is 17.8 Å². The first-order valence-electron chi connectivity index (χ1n) is 7.90. The third-order valence-corrected chi connectivity index (χ3v) is 4.99. The molecule has 1 amide bonds. The zero-order valence-corrected chi connectivity index (χ0v) is 15.6. The average Bonchev–Trinajstić information content (AvgIpc) is 2.31. The van der Waals surface area contributed by atoms with E-state index in [2.05, 4.69) is 28.2 Å². The third kappa shape index (κ3) is 6.55. The summed E-state index contributed by atoms with van der Waals surface area (Å²) in [5, 5.41) is 3.50. The monoisotopic (exact) mass is 363 g/mol. The van der Waals surface area contributed by atoms with Crippen molar-refractivity contribution in [3.63, 3.8) is 0 Å². The van der Waals surface area contributed by atoms with Gasteiger partial charge in [0, 0.05) is 5.33 Å². The van der Waals surface area contributed by atoms with Gasteiger partial charge in [-0.15, -0.1) is 0 Å². The van der Waals surface area contributed by atoms with E-state index < -0.39 is 17.3 Å². The van der Waals surface area contributed by atoms with Crippen LogP contribution in [-0.4, -0.2) is 35.3 Å². The van der Waals surface area contributed by atoms with Crippen molar-refractivity contribution < 1.29 is 14.3 Å². The Balaban J connectivity index is 2.48. The predicted octanol–water partition coefficient (Wildman–Crippen LogP) is 4.26. The molecule has 0 spiro atoms. The highest BCUT2D eigenvalue weighted by atomic mass is 79.9. The van der Waals surface area contributed by atoms with Crippen LogP contribution in [0.2, 0.25) is 0 Å². The molecule has 2 unspecified atom stereocenters. The van der Waals surface area contributed by atoms with Gasteiger partial charge in [-0.2, -0.15) is 0 Å². The number of ether oxygens (including phenoxy) is 2. The number of nitrogens with one attached hydrogen (secondary N) is 1. The Morgan fingerprint density at radius 3 is 2.33 bits per heavy atom. The van der Waals surface area contributed by atoms with Gasteiger partial charge in [0.2, 0.25) is 0 Å². The van der Waals surface area contributed by atoms with Gasteiger partial charge in [0.15, 0.2) is 0 Å². The molecule has 1 rings (SSSR count). The fourth-order valence-corrected chi connectivity index (χ4v) is 2.71. The molecular weight excluding hydrogens is 334 g/mol.